The van der Waals surface area contributed by atoms with Crippen molar-refractivity contribution < 1.29 is 13.9 Å². The predicted molar refractivity (Wildman–Crippen MR) is 88.6 cm³/mol. The van der Waals surface area contributed by atoms with Crippen LogP contribution in [0.2, 0.25) is 0 Å². The Morgan fingerprint density at radius 2 is 2.12 bits per heavy atom. The number of nitrogens with zero attached hydrogens (tertiary/aromatic N) is 3. The summed E-state index contributed by atoms with van der Waals surface area (Å²) < 4.78 is 24.2. The lowest BCUT2D eigenvalue weighted by Crippen LogP contribution is -2.22. The number of rotatable bonds is 6. The average molecular weight is 331 g/mol. The molecule has 1 aliphatic heterocycles. The first-order valence-corrected chi connectivity index (χ1v) is 8.12. The quantitative estimate of drug-likeness (QED) is 0.814. The van der Waals surface area contributed by atoms with Crippen molar-refractivity contribution in [2.24, 2.45) is 5.92 Å². The number of aryl methyl sites for hydroxylation is 1. The molecule has 0 saturated carbocycles. The normalized spacial score (nSPS) is 17.9. The molecule has 1 unspecified atom stereocenters. The van der Waals surface area contributed by atoms with E-state index in [0.717, 1.165) is 37.3 Å². The van der Waals surface area contributed by atoms with Gasteiger partial charge in [-0.25, -0.2) is 4.39 Å². The molecular formula is C18H22FN3O2. The number of hydrogen-bond donors (Lipinski definition) is 0. The van der Waals surface area contributed by atoms with Gasteiger partial charge in [0.15, 0.2) is 11.6 Å². The van der Waals surface area contributed by atoms with E-state index in [2.05, 4.69) is 15.1 Å². The molecule has 1 aliphatic rings. The topological polar surface area (TPSA) is 47.5 Å². The van der Waals surface area contributed by atoms with Gasteiger partial charge in [-0.3, -0.25) is 4.90 Å². The molecule has 0 spiro atoms. The van der Waals surface area contributed by atoms with Gasteiger partial charge < -0.3 is 9.47 Å². The lowest BCUT2D eigenvalue weighted by Gasteiger charge is -2.17. The number of ether oxygens (including phenoxy) is 2. The first kappa shape index (κ1) is 16.6. The van der Waals surface area contributed by atoms with E-state index in [9.17, 15) is 4.39 Å². The minimum absolute atomic E-state index is 0.296. The van der Waals surface area contributed by atoms with E-state index in [-0.39, 0.29) is 5.82 Å². The van der Waals surface area contributed by atoms with Gasteiger partial charge in [-0.15, -0.1) is 5.10 Å². The van der Waals surface area contributed by atoms with Crippen LogP contribution in [0.4, 0.5) is 4.39 Å². The maximum absolute atomic E-state index is 13.5. The molecule has 0 radical (unpaired) electrons. The molecule has 0 aliphatic carbocycles. The van der Waals surface area contributed by atoms with Crippen LogP contribution in [0.3, 0.4) is 0 Å². The molecule has 0 bridgehead atoms. The fraction of sp³-hybridized carbons (Fsp3) is 0.444. The van der Waals surface area contributed by atoms with Gasteiger partial charge in [0.2, 0.25) is 5.88 Å². The molecule has 0 N–H and O–H groups in total. The van der Waals surface area contributed by atoms with Crippen molar-refractivity contribution in [1.29, 1.82) is 0 Å². The molecule has 1 atom stereocenters. The number of methoxy groups -OCH3 is 1. The van der Waals surface area contributed by atoms with Crippen LogP contribution in [-0.4, -0.2) is 41.9 Å². The molecule has 1 saturated heterocycles. The van der Waals surface area contributed by atoms with Crippen LogP contribution in [0.1, 0.15) is 17.7 Å². The smallest absolute Gasteiger partial charge is 0.233 e. The van der Waals surface area contributed by atoms with Crippen LogP contribution in [-0.2, 0) is 6.54 Å². The van der Waals surface area contributed by atoms with E-state index in [1.807, 2.05) is 25.1 Å². The minimum atomic E-state index is -0.326. The van der Waals surface area contributed by atoms with Crippen molar-refractivity contribution in [3.63, 3.8) is 0 Å². The maximum Gasteiger partial charge on any atom is 0.233 e. The molecule has 2 aromatic rings. The van der Waals surface area contributed by atoms with Gasteiger partial charge in [0.05, 0.1) is 19.4 Å². The first-order valence-electron chi connectivity index (χ1n) is 8.12. The molecule has 3 rings (SSSR count). The molecule has 0 amide bonds. The zero-order valence-electron chi connectivity index (χ0n) is 14.0. The monoisotopic (exact) mass is 331 g/mol. The Kier molecular flexibility index (Phi) is 5.25. The van der Waals surface area contributed by atoms with E-state index < -0.39 is 0 Å². The fourth-order valence-electron chi connectivity index (χ4n) is 2.92. The Morgan fingerprint density at radius 1 is 1.25 bits per heavy atom. The summed E-state index contributed by atoms with van der Waals surface area (Å²) in [4.78, 5) is 2.35. The van der Waals surface area contributed by atoms with Gasteiger partial charge >= 0.3 is 0 Å². The molecule has 1 aromatic heterocycles. The highest BCUT2D eigenvalue weighted by molar-refractivity contribution is 5.30. The Bertz CT molecular complexity index is 678. The van der Waals surface area contributed by atoms with Gasteiger partial charge in [-0.2, -0.15) is 5.10 Å². The second kappa shape index (κ2) is 7.57. The number of aromatic nitrogens is 2. The molecule has 1 aromatic carbocycles. The lowest BCUT2D eigenvalue weighted by molar-refractivity contribution is 0.230. The summed E-state index contributed by atoms with van der Waals surface area (Å²) in [7, 11) is 1.49. The van der Waals surface area contributed by atoms with Crippen LogP contribution in [0.15, 0.2) is 30.3 Å². The third-order valence-corrected chi connectivity index (χ3v) is 4.23. The van der Waals surface area contributed by atoms with Crippen molar-refractivity contribution in [3.05, 3.63) is 47.4 Å². The van der Waals surface area contributed by atoms with Crippen molar-refractivity contribution in [3.8, 4) is 11.6 Å². The van der Waals surface area contributed by atoms with Gasteiger partial charge in [-0.1, -0.05) is 6.07 Å². The number of likely N-dealkylation sites (tertiary alicyclic amines) is 1. The summed E-state index contributed by atoms with van der Waals surface area (Å²) in [5.41, 5.74) is 1.93. The van der Waals surface area contributed by atoms with E-state index >= 15 is 0 Å². The minimum Gasteiger partial charge on any atom is -0.494 e. The summed E-state index contributed by atoms with van der Waals surface area (Å²) in [6.45, 7) is 5.29. The third-order valence-electron chi connectivity index (χ3n) is 4.23. The van der Waals surface area contributed by atoms with Crippen molar-refractivity contribution in [2.45, 2.75) is 19.9 Å². The van der Waals surface area contributed by atoms with E-state index in [1.165, 1.54) is 13.2 Å². The highest BCUT2D eigenvalue weighted by Gasteiger charge is 2.23. The average Bonchev–Trinajstić information content (AvgIpc) is 3.03. The van der Waals surface area contributed by atoms with Gasteiger partial charge in [0.25, 0.3) is 0 Å². The molecule has 2 heterocycles. The van der Waals surface area contributed by atoms with E-state index in [0.29, 0.717) is 24.2 Å². The Hall–Kier alpha value is -2.21. The van der Waals surface area contributed by atoms with Crippen LogP contribution < -0.4 is 9.47 Å². The first-order chi connectivity index (χ1) is 11.6. The zero-order chi connectivity index (χ0) is 16.9. The summed E-state index contributed by atoms with van der Waals surface area (Å²) in [6.07, 6.45) is 1.08. The molecule has 5 nitrogen and oxygen atoms in total. The summed E-state index contributed by atoms with van der Waals surface area (Å²) >= 11 is 0. The van der Waals surface area contributed by atoms with Crippen LogP contribution in [0, 0.1) is 18.7 Å². The van der Waals surface area contributed by atoms with E-state index in [1.54, 1.807) is 6.07 Å². The SMILES string of the molecule is COc1cc(CN2CCC(COc3ccc(C)nn3)C2)ccc1F. The Morgan fingerprint density at radius 3 is 2.88 bits per heavy atom. The fourth-order valence-corrected chi connectivity index (χ4v) is 2.92. The van der Waals surface area contributed by atoms with E-state index in [4.69, 9.17) is 9.47 Å². The van der Waals surface area contributed by atoms with Crippen molar-refractivity contribution >= 4 is 0 Å². The predicted octanol–water partition coefficient (Wildman–Crippen LogP) is 2.83. The summed E-state index contributed by atoms with van der Waals surface area (Å²) in [5.74, 6) is 1.01. The lowest BCUT2D eigenvalue weighted by atomic mass is 10.1. The standard InChI is InChI=1S/C18H22FN3O2/c1-13-3-6-18(21-20-13)24-12-15-7-8-22(11-15)10-14-4-5-16(19)17(9-14)23-2/h3-6,9,15H,7-8,10-12H2,1-2H3. The number of hydrogen-bond acceptors (Lipinski definition) is 5. The molecular weight excluding hydrogens is 309 g/mol. The van der Waals surface area contributed by atoms with Crippen molar-refractivity contribution in [2.75, 3.05) is 26.8 Å². The van der Waals surface area contributed by atoms with Gasteiger partial charge in [-0.05, 0) is 43.7 Å². The Labute approximate surface area is 141 Å². The number of halogens is 1. The maximum atomic E-state index is 13.5. The highest BCUT2D eigenvalue weighted by Crippen LogP contribution is 2.23. The van der Waals surface area contributed by atoms with Gasteiger partial charge in [0, 0.05) is 25.1 Å². The summed E-state index contributed by atoms with van der Waals surface area (Å²) in [6, 6.07) is 8.77. The van der Waals surface area contributed by atoms with Crippen molar-refractivity contribution in [1.82, 2.24) is 15.1 Å². The van der Waals surface area contributed by atoms with Crippen LogP contribution in [0.5, 0.6) is 11.6 Å². The highest BCUT2D eigenvalue weighted by atomic mass is 19.1. The molecule has 1 fully saturated rings. The van der Waals surface area contributed by atoms with Gasteiger partial charge in [0.1, 0.15) is 0 Å². The van der Waals surface area contributed by atoms with Crippen LogP contribution >= 0.6 is 0 Å². The third kappa shape index (κ3) is 4.20. The molecule has 6 heteroatoms. The van der Waals surface area contributed by atoms with Crippen LogP contribution in [0.25, 0.3) is 0 Å². The zero-order valence-corrected chi connectivity index (χ0v) is 14.0. The Balaban J connectivity index is 1.49. The number of benzene rings is 1. The molecule has 24 heavy (non-hydrogen) atoms. The molecule has 128 valence electrons. The second-order valence-electron chi connectivity index (χ2n) is 6.18. The largest absolute Gasteiger partial charge is 0.494 e. The summed E-state index contributed by atoms with van der Waals surface area (Å²) in [5, 5.41) is 8.01. The second-order valence-corrected chi connectivity index (χ2v) is 6.18.